The van der Waals surface area contributed by atoms with Crippen LogP contribution in [0.15, 0.2) is 65.8 Å². The van der Waals surface area contributed by atoms with Gasteiger partial charge in [-0.05, 0) is 55.8 Å². The van der Waals surface area contributed by atoms with Gasteiger partial charge in [0.05, 0.1) is 11.3 Å². The Kier molecular flexibility index (Phi) is 9.52. The Morgan fingerprint density at radius 3 is 2.42 bits per heavy atom. The molecule has 3 heterocycles. The maximum absolute atomic E-state index is 13.1. The van der Waals surface area contributed by atoms with Gasteiger partial charge in [0, 0.05) is 66.2 Å². The van der Waals surface area contributed by atoms with Gasteiger partial charge in [0.15, 0.2) is 6.10 Å². The predicted octanol–water partition coefficient (Wildman–Crippen LogP) is 6.39. The number of rotatable bonds is 10. The SMILES string of the molecule is Cc1cc(SCc2sc(-c3ccc(C(F)(F)F)cc3)nc2CN2CCN(c3ncccn3)CC2)ccc1OC(C)C(=O)O. The molecule has 5 rings (SSSR count). The van der Waals surface area contributed by atoms with E-state index in [2.05, 4.69) is 19.8 Å². The molecule has 1 N–H and O–H groups in total. The zero-order valence-electron chi connectivity index (χ0n) is 23.5. The van der Waals surface area contributed by atoms with Crippen LogP contribution in [0.3, 0.4) is 0 Å². The van der Waals surface area contributed by atoms with E-state index in [1.165, 1.54) is 30.4 Å². The molecule has 1 aliphatic rings. The average molecular weight is 630 g/mol. The number of hydrogen-bond acceptors (Lipinski definition) is 9. The highest BCUT2D eigenvalue weighted by Crippen LogP contribution is 2.36. The summed E-state index contributed by atoms with van der Waals surface area (Å²) in [7, 11) is 0. The van der Waals surface area contributed by atoms with E-state index in [4.69, 9.17) is 14.8 Å². The molecular formula is C30H30F3N5O3S2. The number of alkyl halides is 3. The maximum Gasteiger partial charge on any atom is 0.416 e. The van der Waals surface area contributed by atoms with Crippen molar-refractivity contribution in [1.29, 1.82) is 0 Å². The highest BCUT2D eigenvalue weighted by molar-refractivity contribution is 7.98. The van der Waals surface area contributed by atoms with E-state index in [1.54, 1.807) is 36.3 Å². The molecule has 1 atom stereocenters. The van der Waals surface area contributed by atoms with Crippen LogP contribution < -0.4 is 9.64 Å². The minimum Gasteiger partial charge on any atom is -0.479 e. The molecule has 0 saturated carbocycles. The number of carboxylic acid groups (broad SMARTS) is 1. The van der Waals surface area contributed by atoms with E-state index >= 15 is 0 Å². The van der Waals surface area contributed by atoms with Gasteiger partial charge in [0.25, 0.3) is 0 Å². The van der Waals surface area contributed by atoms with Gasteiger partial charge in [-0.2, -0.15) is 13.2 Å². The Labute approximate surface area is 255 Å². The number of anilines is 1. The molecule has 0 spiro atoms. The number of ether oxygens (including phenoxy) is 1. The summed E-state index contributed by atoms with van der Waals surface area (Å²) >= 11 is 3.11. The van der Waals surface area contributed by atoms with Crippen molar-refractivity contribution in [2.45, 2.75) is 43.3 Å². The zero-order chi connectivity index (χ0) is 30.6. The molecule has 13 heteroatoms. The lowest BCUT2D eigenvalue weighted by atomic mass is 10.1. The fourth-order valence-corrected chi connectivity index (χ4v) is 6.72. The van der Waals surface area contributed by atoms with Gasteiger partial charge in [-0.1, -0.05) is 12.1 Å². The van der Waals surface area contributed by atoms with Gasteiger partial charge < -0.3 is 14.7 Å². The van der Waals surface area contributed by atoms with E-state index in [1.807, 2.05) is 19.1 Å². The summed E-state index contributed by atoms with van der Waals surface area (Å²) < 4.78 is 44.9. The molecule has 1 saturated heterocycles. The van der Waals surface area contributed by atoms with Crippen molar-refractivity contribution in [1.82, 2.24) is 19.9 Å². The van der Waals surface area contributed by atoms with E-state index in [9.17, 15) is 18.0 Å². The minimum absolute atomic E-state index is 0.516. The number of halogens is 3. The largest absolute Gasteiger partial charge is 0.479 e. The molecule has 0 bridgehead atoms. The molecule has 4 aromatic rings. The van der Waals surface area contributed by atoms with Gasteiger partial charge in [-0.15, -0.1) is 23.1 Å². The van der Waals surface area contributed by atoms with Crippen LogP contribution in [0.4, 0.5) is 19.1 Å². The van der Waals surface area contributed by atoms with Crippen molar-refractivity contribution in [2.75, 3.05) is 31.1 Å². The van der Waals surface area contributed by atoms with Crippen LogP contribution in [0.2, 0.25) is 0 Å². The van der Waals surface area contributed by atoms with Gasteiger partial charge in [0.1, 0.15) is 10.8 Å². The van der Waals surface area contributed by atoms with Crippen LogP contribution >= 0.6 is 23.1 Å². The topological polar surface area (TPSA) is 91.7 Å². The van der Waals surface area contributed by atoms with Crippen LogP contribution in [-0.2, 0) is 23.3 Å². The molecule has 0 amide bonds. The average Bonchev–Trinajstić information content (AvgIpc) is 3.40. The fourth-order valence-electron chi connectivity index (χ4n) is 4.55. The zero-order valence-corrected chi connectivity index (χ0v) is 25.2. The predicted molar refractivity (Wildman–Crippen MR) is 161 cm³/mol. The number of carboxylic acids is 1. The first-order valence-corrected chi connectivity index (χ1v) is 15.4. The molecule has 1 unspecified atom stereocenters. The Balaban J connectivity index is 1.32. The number of aryl methyl sites for hydroxylation is 1. The van der Waals surface area contributed by atoms with E-state index in [0.29, 0.717) is 34.6 Å². The number of piperazine rings is 1. The Hall–Kier alpha value is -3.68. The minimum atomic E-state index is -4.40. The lowest BCUT2D eigenvalue weighted by Gasteiger charge is -2.34. The smallest absolute Gasteiger partial charge is 0.416 e. The van der Waals surface area contributed by atoms with Crippen molar-refractivity contribution >= 4 is 35.0 Å². The summed E-state index contributed by atoms with van der Waals surface area (Å²) in [5.41, 5.74) is 1.69. The van der Waals surface area contributed by atoms with Crippen molar-refractivity contribution in [3.05, 3.63) is 82.6 Å². The molecule has 1 aliphatic heterocycles. The fraction of sp³-hybridized carbons (Fsp3) is 0.333. The summed E-state index contributed by atoms with van der Waals surface area (Å²) in [5, 5.41) is 9.83. The first-order chi connectivity index (χ1) is 20.6. The van der Waals surface area contributed by atoms with Gasteiger partial charge in [-0.3, -0.25) is 4.90 Å². The first kappa shape index (κ1) is 30.8. The number of aromatic nitrogens is 3. The lowest BCUT2D eigenvalue weighted by molar-refractivity contribution is -0.144. The maximum atomic E-state index is 13.1. The van der Waals surface area contributed by atoms with Crippen molar-refractivity contribution in [2.24, 2.45) is 0 Å². The van der Waals surface area contributed by atoms with Crippen molar-refractivity contribution in [3.8, 4) is 16.3 Å². The highest BCUT2D eigenvalue weighted by atomic mass is 32.2. The molecule has 0 aliphatic carbocycles. The molecule has 1 fully saturated rings. The number of carbonyl (C=O) groups is 1. The molecular weight excluding hydrogens is 599 g/mol. The Morgan fingerprint density at radius 2 is 1.79 bits per heavy atom. The first-order valence-electron chi connectivity index (χ1n) is 13.6. The number of thiazole rings is 1. The number of hydrogen-bond donors (Lipinski definition) is 1. The summed E-state index contributed by atoms with van der Waals surface area (Å²) in [4.78, 5) is 31.3. The molecule has 43 heavy (non-hydrogen) atoms. The Bertz CT molecular complexity index is 1540. The van der Waals surface area contributed by atoms with Crippen LogP contribution in [0, 0.1) is 6.92 Å². The highest BCUT2D eigenvalue weighted by Gasteiger charge is 2.30. The molecule has 2 aromatic carbocycles. The van der Waals surface area contributed by atoms with Crippen LogP contribution in [0.25, 0.3) is 10.6 Å². The van der Waals surface area contributed by atoms with Crippen molar-refractivity contribution < 1.29 is 27.8 Å². The van der Waals surface area contributed by atoms with E-state index in [-0.39, 0.29) is 0 Å². The summed E-state index contributed by atoms with van der Waals surface area (Å²) in [6, 6.07) is 12.5. The summed E-state index contributed by atoms with van der Waals surface area (Å²) in [5.74, 6) is 0.814. The normalized spacial score (nSPS) is 15.0. The van der Waals surface area contributed by atoms with Gasteiger partial charge in [-0.25, -0.2) is 19.7 Å². The summed E-state index contributed by atoms with van der Waals surface area (Å²) in [6.45, 7) is 7.13. The molecule has 8 nitrogen and oxygen atoms in total. The van der Waals surface area contributed by atoms with Crippen molar-refractivity contribution in [3.63, 3.8) is 0 Å². The number of aliphatic carboxylic acids is 1. The van der Waals surface area contributed by atoms with Crippen LogP contribution in [0.5, 0.6) is 5.75 Å². The standard InChI is InChI=1S/C30H30F3N5O3S2/c1-19-16-23(8-9-25(19)41-20(2)28(39)40)42-18-26-24(17-37-12-14-38(15-13-37)29-34-10-3-11-35-29)36-27(43-26)21-4-6-22(7-5-21)30(31,32)33/h3-11,16,20H,12-15,17-18H2,1-2H3,(H,39,40). The quantitative estimate of drug-likeness (QED) is 0.200. The van der Waals surface area contributed by atoms with Gasteiger partial charge in [0.2, 0.25) is 5.95 Å². The number of thioether (sulfide) groups is 1. The van der Waals surface area contributed by atoms with Crippen LogP contribution in [0.1, 0.15) is 28.6 Å². The molecule has 0 radical (unpaired) electrons. The Morgan fingerprint density at radius 1 is 1.09 bits per heavy atom. The lowest BCUT2D eigenvalue weighted by Crippen LogP contribution is -2.46. The third kappa shape index (κ3) is 7.84. The second-order valence-electron chi connectivity index (χ2n) is 10.1. The second-order valence-corrected chi connectivity index (χ2v) is 12.2. The third-order valence-electron chi connectivity index (χ3n) is 6.99. The van der Waals surface area contributed by atoms with Crippen LogP contribution in [-0.4, -0.2) is 63.2 Å². The van der Waals surface area contributed by atoms with E-state index < -0.39 is 23.8 Å². The monoisotopic (exact) mass is 629 g/mol. The van der Waals surface area contributed by atoms with E-state index in [0.717, 1.165) is 59.3 Å². The number of benzene rings is 2. The summed E-state index contributed by atoms with van der Waals surface area (Å²) in [6.07, 6.45) is -1.89. The van der Waals surface area contributed by atoms with Gasteiger partial charge >= 0.3 is 12.1 Å². The second kappa shape index (κ2) is 13.3. The third-order valence-corrected chi connectivity index (χ3v) is 9.34. The molecule has 226 valence electrons. The molecule has 2 aromatic heterocycles. The number of nitrogens with zero attached hydrogens (tertiary/aromatic N) is 5.